The molecule has 0 aliphatic heterocycles. The maximum absolute atomic E-state index is 6.48. The number of benzene rings is 2. The molecule has 1 aliphatic rings. The van der Waals surface area contributed by atoms with Crippen LogP contribution in [0.2, 0.25) is 5.02 Å². The quantitative estimate of drug-likeness (QED) is 0.326. The van der Waals surface area contributed by atoms with E-state index in [9.17, 15) is 0 Å². The van der Waals surface area contributed by atoms with Crippen molar-refractivity contribution in [2.75, 3.05) is 0 Å². The number of halogens is 1. The molecule has 6 rings (SSSR count). The van der Waals surface area contributed by atoms with Crippen molar-refractivity contribution in [3.8, 4) is 17.1 Å². The average Bonchev–Trinajstić information content (AvgIpc) is 3.50. The van der Waals surface area contributed by atoms with Crippen LogP contribution in [-0.2, 0) is 13.0 Å². The van der Waals surface area contributed by atoms with E-state index in [0.29, 0.717) is 12.5 Å². The monoisotopic (exact) mass is 454 g/mol. The topological polar surface area (TPSA) is 55.7 Å². The second-order valence-electron chi connectivity index (χ2n) is 8.47. The number of aromatic nitrogens is 4. The van der Waals surface area contributed by atoms with Gasteiger partial charge in [-0.05, 0) is 42.0 Å². The van der Waals surface area contributed by atoms with Crippen molar-refractivity contribution in [2.45, 2.75) is 31.9 Å². The summed E-state index contributed by atoms with van der Waals surface area (Å²) in [5.74, 6) is 0.600. The third kappa shape index (κ3) is 3.79. The van der Waals surface area contributed by atoms with Crippen LogP contribution in [0.3, 0.4) is 0 Å². The summed E-state index contributed by atoms with van der Waals surface area (Å²) in [5, 5.41) is 1.91. The van der Waals surface area contributed by atoms with Crippen LogP contribution in [0.25, 0.3) is 22.2 Å². The van der Waals surface area contributed by atoms with Crippen LogP contribution in [0.15, 0.2) is 79.5 Å². The Kier molecular flexibility index (Phi) is 5.11. The summed E-state index contributed by atoms with van der Waals surface area (Å²) in [5.41, 5.74) is 6.61. The minimum Gasteiger partial charge on any atom is -0.473 e. The zero-order chi connectivity index (χ0) is 22.2. The first-order chi connectivity index (χ1) is 16.3. The second kappa shape index (κ2) is 8.41. The lowest BCUT2D eigenvalue weighted by Gasteiger charge is -2.27. The summed E-state index contributed by atoms with van der Waals surface area (Å²) < 4.78 is 8.17. The summed E-state index contributed by atoms with van der Waals surface area (Å²) in [7, 11) is 0. The highest BCUT2D eigenvalue weighted by Gasteiger charge is 2.24. The number of hydrogen-bond donors (Lipinski definition) is 1. The number of imidazole rings is 1. The molecule has 0 saturated heterocycles. The molecule has 5 aromatic rings. The van der Waals surface area contributed by atoms with Crippen molar-refractivity contribution in [3.05, 3.63) is 101 Å². The average molecular weight is 455 g/mol. The molecule has 1 unspecified atom stereocenters. The Morgan fingerprint density at radius 2 is 2.00 bits per heavy atom. The Labute approximate surface area is 197 Å². The van der Waals surface area contributed by atoms with Gasteiger partial charge in [-0.2, -0.15) is 0 Å². The fraction of sp³-hybridized carbons (Fsp3) is 0.185. The molecule has 0 spiro atoms. The molecule has 2 aromatic carbocycles. The number of rotatable bonds is 5. The van der Waals surface area contributed by atoms with Crippen molar-refractivity contribution < 1.29 is 4.74 Å². The molecular formula is C27H23ClN4O. The first-order valence-electron chi connectivity index (χ1n) is 11.2. The molecule has 1 atom stereocenters. The van der Waals surface area contributed by atoms with Gasteiger partial charge >= 0.3 is 0 Å². The van der Waals surface area contributed by atoms with Gasteiger partial charge in [-0.25, -0.2) is 9.97 Å². The van der Waals surface area contributed by atoms with Gasteiger partial charge in [-0.3, -0.25) is 0 Å². The third-order valence-electron chi connectivity index (χ3n) is 6.43. The van der Waals surface area contributed by atoms with Gasteiger partial charge in [-0.15, -0.1) is 0 Å². The van der Waals surface area contributed by atoms with Crippen LogP contribution in [0, 0.1) is 0 Å². The molecule has 0 radical (unpaired) electrons. The van der Waals surface area contributed by atoms with Crippen LogP contribution in [0.5, 0.6) is 5.88 Å². The summed E-state index contributed by atoms with van der Waals surface area (Å²) in [6, 6.07) is 18.6. The van der Waals surface area contributed by atoms with Gasteiger partial charge in [-0.1, -0.05) is 54.1 Å². The van der Waals surface area contributed by atoms with E-state index in [-0.39, 0.29) is 6.04 Å². The maximum atomic E-state index is 6.48. The standard InChI is InChI=1S/C27H23ClN4O/c28-23-10-4-9-20-19(23)8-5-11-26(20)32-15-25(31-17-32)22-13-29-24-14-30-27(12-21(22)24)33-16-18-6-2-1-3-7-18/h1-4,6-7,9-10,12-15,17,26,29H,5,8,11,16H2. The van der Waals surface area contributed by atoms with E-state index in [0.717, 1.165) is 52.0 Å². The van der Waals surface area contributed by atoms with Crippen molar-refractivity contribution in [2.24, 2.45) is 0 Å². The molecule has 0 fully saturated rings. The zero-order valence-electron chi connectivity index (χ0n) is 18.0. The van der Waals surface area contributed by atoms with Crippen LogP contribution in [0.1, 0.15) is 35.6 Å². The van der Waals surface area contributed by atoms with Gasteiger partial charge in [0.2, 0.25) is 5.88 Å². The van der Waals surface area contributed by atoms with E-state index in [4.69, 9.17) is 21.3 Å². The molecule has 3 heterocycles. The van der Waals surface area contributed by atoms with Crippen molar-refractivity contribution in [1.82, 2.24) is 19.5 Å². The van der Waals surface area contributed by atoms with E-state index in [2.05, 4.69) is 26.8 Å². The Morgan fingerprint density at radius 3 is 2.91 bits per heavy atom. The lowest BCUT2D eigenvalue weighted by molar-refractivity contribution is 0.294. The number of nitrogens with one attached hydrogen (secondary N) is 1. The molecule has 5 nitrogen and oxygen atoms in total. The van der Waals surface area contributed by atoms with Crippen LogP contribution < -0.4 is 4.74 Å². The summed E-state index contributed by atoms with van der Waals surface area (Å²) >= 11 is 6.48. The first kappa shape index (κ1) is 20.1. The minimum atomic E-state index is 0.255. The van der Waals surface area contributed by atoms with Crippen LogP contribution >= 0.6 is 11.6 Å². The van der Waals surface area contributed by atoms with Gasteiger partial charge in [0.15, 0.2) is 0 Å². The van der Waals surface area contributed by atoms with Gasteiger partial charge in [0, 0.05) is 34.4 Å². The van der Waals surface area contributed by atoms with Gasteiger partial charge in [0.1, 0.15) is 6.61 Å². The summed E-state index contributed by atoms with van der Waals surface area (Å²) in [4.78, 5) is 12.5. The zero-order valence-corrected chi connectivity index (χ0v) is 18.8. The highest BCUT2D eigenvalue weighted by atomic mass is 35.5. The lowest BCUT2D eigenvalue weighted by atomic mass is 9.87. The molecule has 0 amide bonds. The third-order valence-corrected chi connectivity index (χ3v) is 6.78. The van der Waals surface area contributed by atoms with Crippen molar-refractivity contribution >= 4 is 22.5 Å². The number of pyridine rings is 1. The Hall–Kier alpha value is -3.57. The Balaban J connectivity index is 1.30. The molecule has 6 heteroatoms. The largest absolute Gasteiger partial charge is 0.473 e. The van der Waals surface area contributed by atoms with E-state index >= 15 is 0 Å². The van der Waals surface area contributed by atoms with E-state index < -0.39 is 0 Å². The van der Waals surface area contributed by atoms with Gasteiger partial charge in [0.05, 0.1) is 29.8 Å². The number of hydrogen-bond acceptors (Lipinski definition) is 3. The Morgan fingerprint density at radius 1 is 1.09 bits per heavy atom. The predicted octanol–water partition coefficient (Wildman–Crippen LogP) is 6.58. The normalized spacial score (nSPS) is 15.5. The molecule has 3 aromatic heterocycles. The summed E-state index contributed by atoms with van der Waals surface area (Å²) in [6.45, 7) is 0.484. The molecule has 1 N–H and O–H groups in total. The molecule has 33 heavy (non-hydrogen) atoms. The first-order valence-corrected chi connectivity index (χ1v) is 11.6. The van der Waals surface area contributed by atoms with Crippen LogP contribution in [-0.4, -0.2) is 19.5 Å². The fourth-order valence-corrected chi connectivity index (χ4v) is 5.04. The summed E-state index contributed by atoms with van der Waals surface area (Å²) in [6.07, 6.45) is 11.1. The molecule has 0 saturated carbocycles. The predicted molar refractivity (Wildman–Crippen MR) is 131 cm³/mol. The number of aromatic amines is 1. The molecular weight excluding hydrogens is 432 g/mol. The van der Waals surface area contributed by atoms with E-state index in [1.54, 1.807) is 0 Å². The SMILES string of the molecule is Clc1cccc2c1CCCC2n1cnc(-c2c[nH]c3cnc(OCc4ccccc4)cc23)c1. The smallest absolute Gasteiger partial charge is 0.214 e. The molecule has 164 valence electrons. The highest BCUT2D eigenvalue weighted by molar-refractivity contribution is 6.31. The lowest BCUT2D eigenvalue weighted by Crippen LogP contribution is -2.16. The number of H-pyrrole nitrogens is 1. The van der Waals surface area contributed by atoms with Gasteiger partial charge < -0.3 is 14.3 Å². The minimum absolute atomic E-state index is 0.255. The fourth-order valence-electron chi connectivity index (χ4n) is 4.76. The maximum Gasteiger partial charge on any atom is 0.214 e. The Bertz CT molecular complexity index is 1420. The van der Waals surface area contributed by atoms with Crippen molar-refractivity contribution in [3.63, 3.8) is 0 Å². The highest BCUT2D eigenvalue weighted by Crippen LogP contribution is 2.37. The van der Waals surface area contributed by atoms with Crippen LogP contribution in [0.4, 0.5) is 0 Å². The number of fused-ring (bicyclic) bond motifs is 2. The molecule has 1 aliphatic carbocycles. The number of nitrogens with zero attached hydrogens (tertiary/aromatic N) is 3. The van der Waals surface area contributed by atoms with E-state index in [1.165, 1.54) is 11.1 Å². The molecule has 0 bridgehead atoms. The second-order valence-corrected chi connectivity index (χ2v) is 8.87. The number of ether oxygens (including phenoxy) is 1. The van der Waals surface area contributed by atoms with E-state index in [1.807, 2.05) is 67.3 Å². The van der Waals surface area contributed by atoms with Gasteiger partial charge in [0.25, 0.3) is 0 Å². The van der Waals surface area contributed by atoms with Crippen molar-refractivity contribution in [1.29, 1.82) is 0 Å².